The fraction of sp³-hybridized carbons (Fsp3) is 0.417. The van der Waals surface area contributed by atoms with Gasteiger partial charge in [-0.1, -0.05) is 30.3 Å². The van der Waals surface area contributed by atoms with E-state index in [1.54, 1.807) is 30.3 Å². The van der Waals surface area contributed by atoms with Gasteiger partial charge in [0.15, 0.2) is 0 Å². The molecule has 1 fully saturated rings. The van der Waals surface area contributed by atoms with Crippen LogP contribution in [0, 0.1) is 0 Å². The summed E-state index contributed by atoms with van der Waals surface area (Å²) < 4.78 is 0. The number of nitrogens with one attached hydrogen (secondary N) is 3. The Hall–Kier alpha value is -4.26. The zero-order valence-corrected chi connectivity index (χ0v) is 20.0. The molecule has 13 heteroatoms. The minimum atomic E-state index is -1.30. The lowest BCUT2D eigenvalue weighted by atomic mass is 10.0. The molecule has 1 aromatic heterocycles. The number of carbonyl (C=O) groups excluding carboxylic acids is 3. The average molecular weight is 515 g/mol. The van der Waals surface area contributed by atoms with Crippen LogP contribution in [0.3, 0.4) is 0 Å². The van der Waals surface area contributed by atoms with Crippen molar-refractivity contribution in [1.29, 1.82) is 0 Å². The first-order valence-electron chi connectivity index (χ1n) is 11.8. The summed E-state index contributed by atoms with van der Waals surface area (Å²) in [5, 5.41) is 23.7. The fourth-order valence-corrected chi connectivity index (χ4v) is 4.21. The number of aromatic amines is 1. The van der Waals surface area contributed by atoms with Gasteiger partial charge in [-0.3, -0.25) is 19.2 Å². The summed E-state index contributed by atoms with van der Waals surface area (Å²) in [4.78, 5) is 69.8. The Morgan fingerprint density at radius 1 is 1.08 bits per heavy atom. The van der Waals surface area contributed by atoms with Crippen LogP contribution >= 0.6 is 0 Å². The standard InChI is InChI=1S/C24H30N6O7/c25-16(11-20(31)32)23(35)30-8-4-7-19(30)22(34)28-17(10-15-12-26-13-27-15)21(33)29-18(24(36)37)9-14-5-2-1-3-6-14/h1-3,5-6,12-13,16-19H,4,7-11,25H2,(H,26,27)(H,28,34)(H,29,33)(H,31,32)(H,36,37). The van der Waals surface area contributed by atoms with Gasteiger partial charge in [-0.05, 0) is 18.4 Å². The third-order valence-corrected chi connectivity index (χ3v) is 6.06. The summed E-state index contributed by atoms with van der Waals surface area (Å²) in [6.07, 6.45) is 3.14. The lowest BCUT2D eigenvalue weighted by molar-refractivity contribution is -0.144. The molecular weight excluding hydrogens is 484 g/mol. The topological polar surface area (TPSA) is 208 Å². The number of likely N-dealkylation sites (tertiary alicyclic amines) is 1. The van der Waals surface area contributed by atoms with E-state index in [9.17, 15) is 29.1 Å². The summed E-state index contributed by atoms with van der Waals surface area (Å²) in [5.41, 5.74) is 6.95. The lowest BCUT2D eigenvalue weighted by Gasteiger charge is -2.28. The van der Waals surface area contributed by atoms with Crippen molar-refractivity contribution in [2.45, 2.75) is 56.3 Å². The molecule has 4 unspecified atom stereocenters. The predicted molar refractivity (Wildman–Crippen MR) is 129 cm³/mol. The van der Waals surface area contributed by atoms with Crippen molar-refractivity contribution in [3.63, 3.8) is 0 Å². The zero-order valence-electron chi connectivity index (χ0n) is 20.0. The number of hydrogen-bond acceptors (Lipinski definition) is 7. The molecule has 198 valence electrons. The summed E-state index contributed by atoms with van der Waals surface area (Å²) in [6.45, 7) is 0.222. The molecule has 0 bridgehead atoms. The number of carboxylic acid groups (broad SMARTS) is 2. The van der Waals surface area contributed by atoms with Gasteiger partial charge in [0.1, 0.15) is 18.1 Å². The van der Waals surface area contributed by atoms with Gasteiger partial charge in [0.25, 0.3) is 0 Å². The molecule has 1 aromatic carbocycles. The second-order valence-electron chi connectivity index (χ2n) is 8.83. The van der Waals surface area contributed by atoms with Crippen molar-refractivity contribution >= 4 is 29.7 Å². The van der Waals surface area contributed by atoms with E-state index >= 15 is 0 Å². The lowest BCUT2D eigenvalue weighted by Crippen LogP contribution is -2.57. The van der Waals surface area contributed by atoms with Gasteiger partial charge in [0.05, 0.1) is 18.8 Å². The largest absolute Gasteiger partial charge is 0.481 e. The van der Waals surface area contributed by atoms with Gasteiger partial charge in [-0.2, -0.15) is 0 Å². The number of imidazole rings is 1. The number of benzene rings is 1. The molecule has 2 heterocycles. The number of amides is 3. The number of aliphatic carboxylic acids is 2. The number of nitrogens with two attached hydrogens (primary N) is 1. The minimum absolute atomic E-state index is 0.00551. The Balaban J connectivity index is 1.73. The molecule has 1 aliphatic rings. The smallest absolute Gasteiger partial charge is 0.326 e. The van der Waals surface area contributed by atoms with Crippen LogP contribution in [-0.2, 0) is 36.8 Å². The number of nitrogens with zero attached hydrogens (tertiary/aromatic N) is 2. The van der Waals surface area contributed by atoms with Crippen LogP contribution < -0.4 is 16.4 Å². The maximum atomic E-state index is 13.2. The Morgan fingerprint density at radius 3 is 2.43 bits per heavy atom. The van der Waals surface area contributed by atoms with E-state index in [0.29, 0.717) is 24.1 Å². The third-order valence-electron chi connectivity index (χ3n) is 6.06. The summed E-state index contributed by atoms with van der Waals surface area (Å²) in [5.74, 6) is -4.47. The highest BCUT2D eigenvalue weighted by Gasteiger charge is 2.38. The Bertz CT molecular complexity index is 1110. The van der Waals surface area contributed by atoms with Gasteiger partial charge >= 0.3 is 11.9 Å². The van der Waals surface area contributed by atoms with Crippen molar-refractivity contribution in [2.75, 3.05) is 6.54 Å². The molecule has 0 aliphatic carbocycles. The van der Waals surface area contributed by atoms with E-state index < -0.39 is 60.2 Å². The SMILES string of the molecule is NC(CC(=O)O)C(=O)N1CCCC1C(=O)NC(Cc1cnc[nH]1)C(=O)NC(Cc1ccccc1)C(=O)O. The number of hydrogen-bond donors (Lipinski definition) is 6. The molecule has 3 amide bonds. The Kier molecular flexibility index (Phi) is 9.33. The first-order chi connectivity index (χ1) is 17.7. The van der Waals surface area contributed by atoms with Gasteiger partial charge in [0.2, 0.25) is 17.7 Å². The predicted octanol–water partition coefficient (Wildman–Crippen LogP) is -0.958. The second kappa shape index (κ2) is 12.6. The van der Waals surface area contributed by atoms with Crippen LogP contribution in [0.25, 0.3) is 0 Å². The molecule has 0 radical (unpaired) electrons. The van der Waals surface area contributed by atoms with Crippen molar-refractivity contribution in [1.82, 2.24) is 25.5 Å². The monoisotopic (exact) mass is 514 g/mol. The normalized spacial score (nSPS) is 17.4. The number of rotatable bonds is 12. The van der Waals surface area contributed by atoms with E-state index in [0.717, 1.165) is 0 Å². The van der Waals surface area contributed by atoms with Gasteiger partial charge in [-0.25, -0.2) is 9.78 Å². The Morgan fingerprint density at radius 2 is 1.81 bits per heavy atom. The first-order valence-corrected chi connectivity index (χ1v) is 11.8. The van der Waals surface area contributed by atoms with E-state index in [-0.39, 0.29) is 19.4 Å². The molecule has 13 nitrogen and oxygen atoms in total. The van der Waals surface area contributed by atoms with Crippen LogP contribution in [-0.4, -0.2) is 85.5 Å². The highest BCUT2D eigenvalue weighted by molar-refractivity contribution is 5.95. The maximum absolute atomic E-state index is 13.2. The number of H-pyrrole nitrogens is 1. The van der Waals surface area contributed by atoms with E-state index in [4.69, 9.17) is 10.8 Å². The van der Waals surface area contributed by atoms with Crippen molar-refractivity contribution in [2.24, 2.45) is 5.73 Å². The van der Waals surface area contributed by atoms with Crippen molar-refractivity contribution in [3.05, 3.63) is 54.1 Å². The molecule has 37 heavy (non-hydrogen) atoms. The van der Waals surface area contributed by atoms with E-state index in [1.807, 2.05) is 0 Å². The van der Waals surface area contributed by atoms with Gasteiger partial charge in [-0.15, -0.1) is 0 Å². The van der Waals surface area contributed by atoms with Crippen molar-refractivity contribution in [3.8, 4) is 0 Å². The number of aromatic nitrogens is 2. The highest BCUT2D eigenvalue weighted by atomic mass is 16.4. The van der Waals surface area contributed by atoms with Crippen molar-refractivity contribution < 1.29 is 34.2 Å². The number of carbonyl (C=O) groups is 5. The van der Waals surface area contributed by atoms with Crippen LogP contribution in [0.4, 0.5) is 0 Å². The Labute approximate surface area is 212 Å². The quantitative estimate of drug-likeness (QED) is 0.206. The van der Waals surface area contributed by atoms with Crippen LogP contribution in [0.1, 0.15) is 30.5 Å². The molecule has 3 rings (SSSR count). The van der Waals surface area contributed by atoms with E-state index in [2.05, 4.69) is 20.6 Å². The maximum Gasteiger partial charge on any atom is 0.326 e. The summed E-state index contributed by atoms with van der Waals surface area (Å²) in [7, 11) is 0. The highest BCUT2D eigenvalue weighted by Crippen LogP contribution is 2.19. The van der Waals surface area contributed by atoms with Crippen LogP contribution in [0.2, 0.25) is 0 Å². The van der Waals surface area contributed by atoms with Gasteiger partial charge < -0.3 is 36.5 Å². The summed E-state index contributed by atoms with van der Waals surface area (Å²) >= 11 is 0. The van der Waals surface area contributed by atoms with Crippen LogP contribution in [0.15, 0.2) is 42.9 Å². The molecule has 7 N–H and O–H groups in total. The first kappa shape index (κ1) is 27.3. The number of carboxylic acids is 2. The van der Waals surface area contributed by atoms with Crippen LogP contribution in [0.5, 0.6) is 0 Å². The molecule has 2 aromatic rings. The average Bonchev–Trinajstić information content (AvgIpc) is 3.55. The molecule has 1 aliphatic heterocycles. The molecular formula is C24H30N6O7. The van der Waals surface area contributed by atoms with Gasteiger partial charge in [0, 0.05) is 31.3 Å². The minimum Gasteiger partial charge on any atom is -0.481 e. The fourth-order valence-electron chi connectivity index (χ4n) is 4.21. The molecule has 0 saturated carbocycles. The third kappa shape index (κ3) is 7.61. The second-order valence-corrected chi connectivity index (χ2v) is 8.83. The van der Waals surface area contributed by atoms with E-state index in [1.165, 1.54) is 17.4 Å². The molecule has 1 saturated heterocycles. The molecule has 4 atom stereocenters. The zero-order chi connectivity index (χ0) is 26.9. The molecule has 0 spiro atoms. The summed E-state index contributed by atoms with van der Waals surface area (Å²) in [6, 6.07) is 4.14.